The Hall–Kier alpha value is -2.25. The van der Waals surface area contributed by atoms with Crippen molar-refractivity contribution < 1.29 is 19.0 Å². The van der Waals surface area contributed by atoms with Crippen LogP contribution in [0.2, 0.25) is 0 Å². The van der Waals surface area contributed by atoms with Gasteiger partial charge in [-0.05, 0) is 33.8 Å². The monoisotopic (exact) mass is 404 g/mol. The van der Waals surface area contributed by atoms with Crippen molar-refractivity contribution in [1.82, 2.24) is 0 Å². The smallest absolute Gasteiger partial charge is 0.256 e. The highest BCUT2D eigenvalue weighted by atomic mass is 32.1. The maximum atomic E-state index is 12.8. The average Bonchev–Trinajstić information content (AvgIpc) is 3.03. The van der Waals surface area contributed by atoms with Gasteiger partial charge in [-0.1, -0.05) is 0 Å². The van der Waals surface area contributed by atoms with Crippen molar-refractivity contribution in [2.75, 3.05) is 49.7 Å². The van der Waals surface area contributed by atoms with Crippen molar-refractivity contribution in [3.63, 3.8) is 0 Å². The fourth-order valence-electron chi connectivity index (χ4n) is 3.29. The van der Waals surface area contributed by atoms with E-state index in [1.165, 1.54) is 0 Å². The van der Waals surface area contributed by atoms with Crippen LogP contribution in [-0.2, 0) is 4.74 Å². The third-order valence-corrected chi connectivity index (χ3v) is 5.51. The molecule has 1 aliphatic rings. The molecule has 7 heteroatoms. The number of ether oxygens (including phenoxy) is 3. The van der Waals surface area contributed by atoms with Crippen molar-refractivity contribution in [3.05, 3.63) is 33.5 Å². The molecule has 0 aliphatic carbocycles. The Labute approximate surface area is 170 Å². The maximum Gasteiger partial charge on any atom is 0.256 e. The minimum Gasteiger partial charge on any atom is -0.492 e. The summed E-state index contributed by atoms with van der Waals surface area (Å²) < 4.78 is 17.2. The van der Waals surface area contributed by atoms with Crippen molar-refractivity contribution in [2.24, 2.45) is 0 Å². The molecule has 6 nitrogen and oxygen atoms in total. The van der Waals surface area contributed by atoms with Gasteiger partial charge >= 0.3 is 0 Å². The number of amides is 1. The van der Waals surface area contributed by atoms with Gasteiger partial charge in [0.25, 0.3) is 5.91 Å². The highest BCUT2D eigenvalue weighted by Crippen LogP contribution is 2.39. The third-order valence-electron chi connectivity index (χ3n) is 4.55. The zero-order valence-electron chi connectivity index (χ0n) is 17.0. The number of nitrogens with one attached hydrogen (secondary N) is 1. The van der Waals surface area contributed by atoms with Crippen LogP contribution in [0.4, 0.5) is 11.4 Å². The Kier molecular flexibility index (Phi) is 6.80. The van der Waals surface area contributed by atoms with Crippen LogP contribution < -0.4 is 19.7 Å². The topological polar surface area (TPSA) is 60.0 Å². The molecule has 0 bridgehead atoms. The summed E-state index contributed by atoms with van der Waals surface area (Å²) in [5.41, 5.74) is 2.28. The molecule has 1 aromatic heterocycles. The molecule has 3 rings (SSSR count). The first-order valence-corrected chi connectivity index (χ1v) is 10.5. The standard InChI is InChI=1S/C21H28N2O4S/c1-5-26-19-13-18(23-7-9-25-10-8-23)20(27-6-2)12-17(19)22-21(24)16-11-14(3)28-15(16)4/h11-13H,5-10H2,1-4H3,(H,22,24). The molecule has 0 radical (unpaired) electrons. The van der Waals surface area contributed by atoms with Gasteiger partial charge in [0.1, 0.15) is 11.5 Å². The third kappa shape index (κ3) is 4.59. The van der Waals surface area contributed by atoms with E-state index in [1.54, 1.807) is 11.3 Å². The maximum absolute atomic E-state index is 12.8. The van der Waals surface area contributed by atoms with E-state index in [0.29, 0.717) is 43.4 Å². The number of anilines is 2. The van der Waals surface area contributed by atoms with Gasteiger partial charge in [0.2, 0.25) is 0 Å². The molecule has 152 valence electrons. The van der Waals surface area contributed by atoms with Crippen molar-refractivity contribution in [2.45, 2.75) is 27.7 Å². The van der Waals surface area contributed by atoms with Gasteiger partial charge in [-0.3, -0.25) is 4.79 Å². The zero-order valence-corrected chi connectivity index (χ0v) is 17.8. The Balaban J connectivity index is 1.95. The first-order valence-electron chi connectivity index (χ1n) is 9.68. The van der Waals surface area contributed by atoms with Crippen LogP contribution >= 0.6 is 11.3 Å². The number of hydrogen-bond donors (Lipinski definition) is 1. The van der Waals surface area contributed by atoms with Crippen LogP contribution in [0.15, 0.2) is 18.2 Å². The van der Waals surface area contributed by atoms with E-state index in [2.05, 4.69) is 10.2 Å². The molecule has 0 atom stereocenters. The van der Waals surface area contributed by atoms with Gasteiger partial charge in [-0.2, -0.15) is 0 Å². The predicted octanol–water partition coefficient (Wildman–Crippen LogP) is 4.25. The fraction of sp³-hybridized carbons (Fsp3) is 0.476. The molecule has 1 aliphatic heterocycles. The van der Waals surface area contributed by atoms with Crippen LogP contribution in [0.25, 0.3) is 0 Å². The second-order valence-corrected chi connectivity index (χ2v) is 8.02. The first-order chi connectivity index (χ1) is 13.5. The van der Waals surface area contributed by atoms with E-state index in [-0.39, 0.29) is 5.91 Å². The number of nitrogens with zero attached hydrogens (tertiary/aromatic N) is 1. The highest BCUT2D eigenvalue weighted by molar-refractivity contribution is 7.12. The number of thiophene rings is 1. The summed E-state index contributed by atoms with van der Waals surface area (Å²) in [6, 6.07) is 5.74. The quantitative estimate of drug-likeness (QED) is 0.748. The number of carbonyl (C=O) groups is 1. The van der Waals surface area contributed by atoms with Crippen molar-refractivity contribution in [3.8, 4) is 11.5 Å². The molecule has 1 saturated heterocycles. The number of hydrogen-bond acceptors (Lipinski definition) is 6. The van der Waals surface area contributed by atoms with E-state index in [4.69, 9.17) is 14.2 Å². The summed E-state index contributed by atoms with van der Waals surface area (Å²) in [5.74, 6) is 1.25. The molecular weight excluding hydrogens is 376 g/mol. The van der Waals surface area contributed by atoms with Crippen molar-refractivity contribution >= 4 is 28.6 Å². The average molecular weight is 405 g/mol. The van der Waals surface area contributed by atoms with E-state index >= 15 is 0 Å². The number of carbonyl (C=O) groups excluding carboxylic acids is 1. The number of rotatable bonds is 7. The lowest BCUT2D eigenvalue weighted by Crippen LogP contribution is -2.36. The van der Waals surface area contributed by atoms with E-state index in [9.17, 15) is 4.79 Å². The lowest BCUT2D eigenvalue weighted by atomic mass is 10.2. The Morgan fingerprint density at radius 3 is 2.39 bits per heavy atom. The Morgan fingerprint density at radius 1 is 1.11 bits per heavy atom. The number of benzene rings is 1. The molecular formula is C21H28N2O4S. The van der Waals surface area contributed by atoms with Crippen LogP contribution in [0, 0.1) is 13.8 Å². The molecule has 1 amide bonds. The predicted molar refractivity (Wildman–Crippen MR) is 114 cm³/mol. The van der Waals surface area contributed by atoms with Crippen LogP contribution in [0.5, 0.6) is 11.5 Å². The van der Waals surface area contributed by atoms with E-state index < -0.39 is 0 Å². The largest absolute Gasteiger partial charge is 0.492 e. The molecule has 2 heterocycles. The minimum absolute atomic E-state index is 0.135. The van der Waals surface area contributed by atoms with Crippen LogP contribution in [-0.4, -0.2) is 45.4 Å². The zero-order chi connectivity index (χ0) is 20.1. The summed E-state index contributed by atoms with van der Waals surface area (Å²) in [6.45, 7) is 11.9. The summed E-state index contributed by atoms with van der Waals surface area (Å²) in [5, 5.41) is 3.01. The molecule has 0 saturated carbocycles. The fourth-order valence-corrected chi connectivity index (χ4v) is 4.21. The van der Waals surface area contributed by atoms with E-state index in [0.717, 1.165) is 34.3 Å². The SMILES string of the molecule is CCOc1cc(N2CCOCC2)c(OCC)cc1NC(=O)c1cc(C)sc1C. The molecule has 1 aromatic carbocycles. The molecule has 28 heavy (non-hydrogen) atoms. The van der Waals surface area contributed by atoms with Gasteiger partial charge in [-0.15, -0.1) is 11.3 Å². The molecule has 2 aromatic rings. The number of morpholine rings is 1. The van der Waals surface area contributed by atoms with Gasteiger partial charge in [0.15, 0.2) is 0 Å². The normalized spacial score (nSPS) is 14.1. The van der Waals surface area contributed by atoms with E-state index in [1.807, 2.05) is 45.9 Å². The lowest BCUT2D eigenvalue weighted by Gasteiger charge is -2.31. The summed E-state index contributed by atoms with van der Waals surface area (Å²) in [7, 11) is 0. The molecule has 0 unspecified atom stereocenters. The Bertz CT molecular complexity index is 828. The number of aryl methyl sites for hydroxylation is 2. The molecule has 1 N–H and O–H groups in total. The van der Waals surface area contributed by atoms with Crippen LogP contribution in [0.1, 0.15) is 34.0 Å². The van der Waals surface area contributed by atoms with Crippen LogP contribution in [0.3, 0.4) is 0 Å². The van der Waals surface area contributed by atoms with Gasteiger partial charge in [0.05, 0.1) is 43.4 Å². The second kappa shape index (κ2) is 9.30. The minimum atomic E-state index is -0.135. The first kappa shape index (κ1) is 20.5. The lowest BCUT2D eigenvalue weighted by molar-refractivity contribution is 0.102. The summed E-state index contributed by atoms with van der Waals surface area (Å²) >= 11 is 1.62. The highest BCUT2D eigenvalue weighted by Gasteiger charge is 2.21. The summed E-state index contributed by atoms with van der Waals surface area (Å²) in [4.78, 5) is 17.2. The van der Waals surface area contributed by atoms with Gasteiger partial charge in [0, 0.05) is 35.0 Å². The second-order valence-electron chi connectivity index (χ2n) is 6.56. The summed E-state index contributed by atoms with van der Waals surface area (Å²) in [6.07, 6.45) is 0. The molecule has 0 spiro atoms. The van der Waals surface area contributed by atoms with Crippen molar-refractivity contribution in [1.29, 1.82) is 0 Å². The molecule has 1 fully saturated rings. The van der Waals surface area contributed by atoms with Gasteiger partial charge in [-0.25, -0.2) is 0 Å². The van der Waals surface area contributed by atoms with Gasteiger partial charge < -0.3 is 24.4 Å². The Morgan fingerprint density at radius 2 is 1.79 bits per heavy atom.